The smallest absolute Gasteiger partial charge is 0.246 e. The molecule has 1 atom stereocenters. The van der Waals surface area contributed by atoms with E-state index in [-0.39, 0.29) is 5.91 Å². The van der Waals surface area contributed by atoms with Crippen LogP contribution in [0.3, 0.4) is 0 Å². The summed E-state index contributed by atoms with van der Waals surface area (Å²) in [6, 6.07) is 7.89. The van der Waals surface area contributed by atoms with Crippen molar-refractivity contribution in [2.45, 2.75) is 25.8 Å². The van der Waals surface area contributed by atoms with Crippen molar-refractivity contribution in [3.63, 3.8) is 0 Å². The van der Waals surface area contributed by atoms with Crippen LogP contribution in [0, 0.1) is 6.92 Å². The molecular weight excluding hydrogens is 216 g/mol. The molecule has 0 aliphatic heterocycles. The van der Waals surface area contributed by atoms with Gasteiger partial charge >= 0.3 is 0 Å². The lowest BCUT2D eigenvalue weighted by molar-refractivity contribution is -0.130. The lowest BCUT2D eigenvalue weighted by Gasteiger charge is -2.27. The van der Waals surface area contributed by atoms with E-state index >= 15 is 0 Å². The molecule has 1 aromatic rings. The van der Waals surface area contributed by atoms with E-state index in [2.05, 4.69) is 10.6 Å². The van der Waals surface area contributed by atoms with E-state index in [9.17, 15) is 9.59 Å². The normalized spacial score (nSPS) is 13.8. The number of carbonyl (C=O) groups excluding carboxylic acids is 2. The van der Waals surface area contributed by atoms with Gasteiger partial charge in [-0.2, -0.15) is 0 Å². The molecule has 1 aromatic carbocycles. The molecule has 0 fully saturated rings. The van der Waals surface area contributed by atoms with Crippen molar-refractivity contribution < 1.29 is 9.59 Å². The standard InChI is InChI=1S/C13H18N2O2/c1-10-6-4-5-7-11(10)8-13(2,14-3)12(17)15-9-16/h4-7,9,14H,8H2,1-3H3,(H,15,16,17). The monoisotopic (exact) mass is 234 g/mol. The number of nitrogens with one attached hydrogen (secondary N) is 2. The molecule has 0 aliphatic rings. The van der Waals surface area contributed by atoms with Crippen molar-refractivity contribution in [1.29, 1.82) is 0 Å². The first kappa shape index (κ1) is 13.4. The third-order valence-electron chi connectivity index (χ3n) is 3.05. The Morgan fingerprint density at radius 2 is 2.06 bits per heavy atom. The van der Waals surface area contributed by atoms with Crippen LogP contribution in [0.15, 0.2) is 24.3 Å². The molecule has 92 valence electrons. The van der Waals surface area contributed by atoms with Gasteiger partial charge < -0.3 is 5.32 Å². The molecule has 0 radical (unpaired) electrons. The van der Waals surface area contributed by atoms with Crippen LogP contribution in [0.5, 0.6) is 0 Å². The highest BCUT2D eigenvalue weighted by molar-refractivity contribution is 5.93. The minimum atomic E-state index is -0.785. The number of likely N-dealkylation sites (N-methyl/N-ethyl adjacent to an activating group) is 1. The van der Waals surface area contributed by atoms with Gasteiger partial charge in [-0.1, -0.05) is 24.3 Å². The molecule has 0 aliphatic carbocycles. The van der Waals surface area contributed by atoms with Crippen LogP contribution in [0.4, 0.5) is 0 Å². The quantitative estimate of drug-likeness (QED) is 0.740. The summed E-state index contributed by atoms with van der Waals surface area (Å²) in [5.41, 5.74) is 1.44. The minimum absolute atomic E-state index is 0.321. The van der Waals surface area contributed by atoms with Crippen molar-refractivity contribution in [2.75, 3.05) is 7.05 Å². The predicted molar refractivity (Wildman–Crippen MR) is 66.6 cm³/mol. The molecular formula is C13H18N2O2. The Kier molecular flexibility index (Phi) is 4.40. The van der Waals surface area contributed by atoms with Gasteiger partial charge in [-0.3, -0.25) is 14.9 Å². The molecule has 0 saturated heterocycles. The zero-order valence-corrected chi connectivity index (χ0v) is 10.4. The third kappa shape index (κ3) is 3.14. The number of imide groups is 1. The fourth-order valence-corrected chi connectivity index (χ4v) is 1.68. The van der Waals surface area contributed by atoms with Gasteiger partial charge in [0.15, 0.2) is 0 Å². The van der Waals surface area contributed by atoms with Crippen LogP contribution in [0.1, 0.15) is 18.1 Å². The Labute approximate surface area is 101 Å². The van der Waals surface area contributed by atoms with Gasteiger partial charge in [0, 0.05) is 0 Å². The van der Waals surface area contributed by atoms with Crippen LogP contribution in [0.25, 0.3) is 0 Å². The molecule has 4 heteroatoms. The number of amides is 2. The molecule has 0 spiro atoms. The maximum Gasteiger partial charge on any atom is 0.246 e. The van der Waals surface area contributed by atoms with Crippen molar-refractivity contribution >= 4 is 12.3 Å². The Morgan fingerprint density at radius 3 is 2.59 bits per heavy atom. The minimum Gasteiger partial charge on any atom is -0.306 e. The number of aryl methyl sites for hydroxylation is 1. The van der Waals surface area contributed by atoms with Crippen molar-refractivity contribution in [3.05, 3.63) is 35.4 Å². The first-order chi connectivity index (χ1) is 8.03. The summed E-state index contributed by atoms with van der Waals surface area (Å²) in [5.74, 6) is -0.321. The third-order valence-corrected chi connectivity index (χ3v) is 3.05. The second kappa shape index (κ2) is 5.59. The van der Waals surface area contributed by atoms with Crippen LogP contribution >= 0.6 is 0 Å². The Bertz CT molecular complexity index is 418. The van der Waals surface area contributed by atoms with Gasteiger partial charge in [-0.15, -0.1) is 0 Å². The fourth-order valence-electron chi connectivity index (χ4n) is 1.68. The largest absolute Gasteiger partial charge is 0.306 e. The van der Waals surface area contributed by atoms with Crippen LogP contribution in [-0.4, -0.2) is 24.9 Å². The summed E-state index contributed by atoms with van der Waals surface area (Å²) < 4.78 is 0. The number of rotatable bonds is 5. The molecule has 4 nitrogen and oxygen atoms in total. The summed E-state index contributed by atoms with van der Waals surface area (Å²) in [6.07, 6.45) is 0.950. The van der Waals surface area contributed by atoms with E-state index in [0.29, 0.717) is 12.8 Å². The van der Waals surface area contributed by atoms with Crippen molar-refractivity contribution in [2.24, 2.45) is 0 Å². The molecule has 1 unspecified atom stereocenters. The summed E-state index contributed by atoms with van der Waals surface area (Å²) in [6.45, 7) is 3.78. The maximum absolute atomic E-state index is 11.8. The van der Waals surface area contributed by atoms with Gasteiger partial charge in [-0.05, 0) is 38.4 Å². The molecule has 2 amide bonds. The van der Waals surface area contributed by atoms with Gasteiger partial charge in [0.25, 0.3) is 0 Å². The molecule has 17 heavy (non-hydrogen) atoms. The van der Waals surface area contributed by atoms with E-state index in [1.54, 1.807) is 14.0 Å². The van der Waals surface area contributed by atoms with Crippen LogP contribution in [0.2, 0.25) is 0 Å². The number of hydrogen-bond donors (Lipinski definition) is 2. The number of hydrogen-bond acceptors (Lipinski definition) is 3. The number of benzene rings is 1. The average Bonchev–Trinajstić information content (AvgIpc) is 2.32. The van der Waals surface area contributed by atoms with Crippen molar-refractivity contribution in [3.8, 4) is 0 Å². The highest BCUT2D eigenvalue weighted by Crippen LogP contribution is 2.16. The topological polar surface area (TPSA) is 58.2 Å². The SMILES string of the molecule is CNC(C)(Cc1ccccc1C)C(=O)NC=O. The van der Waals surface area contributed by atoms with Gasteiger partial charge in [0.05, 0.1) is 5.54 Å². The van der Waals surface area contributed by atoms with Gasteiger partial charge in [-0.25, -0.2) is 0 Å². The van der Waals surface area contributed by atoms with E-state index < -0.39 is 5.54 Å². The first-order valence-electron chi connectivity index (χ1n) is 5.51. The zero-order valence-electron chi connectivity index (χ0n) is 10.4. The molecule has 2 N–H and O–H groups in total. The predicted octanol–water partition coefficient (Wildman–Crippen LogP) is 0.788. The summed E-state index contributed by atoms with van der Waals surface area (Å²) in [7, 11) is 1.71. The summed E-state index contributed by atoms with van der Waals surface area (Å²) in [5, 5.41) is 5.16. The zero-order chi connectivity index (χ0) is 12.9. The lowest BCUT2D eigenvalue weighted by atomic mass is 9.90. The fraction of sp³-hybridized carbons (Fsp3) is 0.385. The number of carbonyl (C=O) groups is 2. The lowest BCUT2D eigenvalue weighted by Crippen LogP contribution is -2.54. The van der Waals surface area contributed by atoms with E-state index in [1.165, 1.54) is 0 Å². The molecule has 1 rings (SSSR count). The van der Waals surface area contributed by atoms with Gasteiger partial charge in [0.1, 0.15) is 0 Å². The molecule has 0 heterocycles. The second-order valence-corrected chi connectivity index (χ2v) is 4.28. The summed E-state index contributed by atoms with van der Waals surface area (Å²) in [4.78, 5) is 22.1. The molecule has 0 aromatic heterocycles. The highest BCUT2D eigenvalue weighted by atomic mass is 16.2. The second-order valence-electron chi connectivity index (χ2n) is 4.28. The summed E-state index contributed by atoms with van der Waals surface area (Å²) >= 11 is 0. The average molecular weight is 234 g/mol. The molecule has 0 saturated carbocycles. The van der Waals surface area contributed by atoms with E-state index in [4.69, 9.17) is 0 Å². The highest BCUT2D eigenvalue weighted by Gasteiger charge is 2.31. The van der Waals surface area contributed by atoms with Crippen molar-refractivity contribution in [1.82, 2.24) is 10.6 Å². The van der Waals surface area contributed by atoms with E-state index in [0.717, 1.165) is 11.1 Å². The van der Waals surface area contributed by atoms with Crippen LogP contribution < -0.4 is 10.6 Å². The van der Waals surface area contributed by atoms with E-state index in [1.807, 2.05) is 31.2 Å². The van der Waals surface area contributed by atoms with Gasteiger partial charge in [0.2, 0.25) is 12.3 Å². The maximum atomic E-state index is 11.8. The first-order valence-corrected chi connectivity index (χ1v) is 5.51. The van der Waals surface area contributed by atoms with Crippen LogP contribution in [-0.2, 0) is 16.0 Å². The Balaban J connectivity index is 2.93. The Morgan fingerprint density at radius 1 is 1.41 bits per heavy atom. The Hall–Kier alpha value is -1.68. The molecule has 0 bridgehead atoms.